The van der Waals surface area contributed by atoms with Gasteiger partial charge in [-0.2, -0.15) is 0 Å². The first kappa shape index (κ1) is 17.5. The summed E-state index contributed by atoms with van der Waals surface area (Å²) in [5.41, 5.74) is 1.85. The van der Waals surface area contributed by atoms with E-state index in [1.54, 1.807) is 57.5 Å². The smallest absolute Gasteiger partial charge is 0.278 e. The SMILES string of the molecule is CCN1C(=O)C(Nc2ccccc2OC)=C(c2ccc(OC)cc2)C1=O. The number of methoxy groups -OCH3 is 2. The highest BCUT2D eigenvalue weighted by molar-refractivity contribution is 6.36. The van der Waals surface area contributed by atoms with Crippen molar-refractivity contribution in [3.05, 3.63) is 59.8 Å². The Kier molecular flexibility index (Phi) is 4.93. The van der Waals surface area contributed by atoms with E-state index in [9.17, 15) is 9.59 Å². The molecule has 2 aromatic carbocycles. The number of hydrogen-bond donors (Lipinski definition) is 1. The van der Waals surface area contributed by atoms with Crippen molar-refractivity contribution in [3.63, 3.8) is 0 Å². The zero-order valence-corrected chi connectivity index (χ0v) is 14.9. The molecule has 6 heteroatoms. The third kappa shape index (κ3) is 3.01. The second kappa shape index (κ2) is 7.31. The van der Waals surface area contributed by atoms with Gasteiger partial charge in [-0.1, -0.05) is 24.3 Å². The lowest BCUT2D eigenvalue weighted by Gasteiger charge is -2.13. The molecular weight excluding hydrogens is 332 g/mol. The fourth-order valence-electron chi connectivity index (χ4n) is 2.89. The van der Waals surface area contributed by atoms with Gasteiger partial charge in [-0.25, -0.2) is 0 Å². The van der Waals surface area contributed by atoms with Crippen LogP contribution >= 0.6 is 0 Å². The number of para-hydroxylation sites is 2. The number of rotatable bonds is 6. The first-order valence-corrected chi connectivity index (χ1v) is 8.25. The largest absolute Gasteiger partial charge is 0.497 e. The molecule has 0 aliphatic carbocycles. The van der Waals surface area contributed by atoms with Crippen LogP contribution in [-0.2, 0) is 9.59 Å². The molecule has 1 N–H and O–H groups in total. The number of nitrogens with zero attached hydrogens (tertiary/aromatic N) is 1. The Morgan fingerprint density at radius 3 is 2.23 bits per heavy atom. The van der Waals surface area contributed by atoms with Gasteiger partial charge in [0, 0.05) is 6.54 Å². The van der Waals surface area contributed by atoms with E-state index in [1.165, 1.54) is 4.90 Å². The maximum Gasteiger partial charge on any atom is 0.278 e. The Hall–Kier alpha value is -3.28. The fourth-order valence-corrected chi connectivity index (χ4v) is 2.89. The molecule has 0 fully saturated rings. The minimum Gasteiger partial charge on any atom is -0.497 e. The lowest BCUT2D eigenvalue weighted by Crippen LogP contribution is -2.32. The Labute approximate surface area is 152 Å². The molecule has 134 valence electrons. The van der Waals surface area contributed by atoms with Crippen molar-refractivity contribution in [2.24, 2.45) is 0 Å². The van der Waals surface area contributed by atoms with Gasteiger partial charge >= 0.3 is 0 Å². The van der Waals surface area contributed by atoms with E-state index in [-0.39, 0.29) is 17.5 Å². The summed E-state index contributed by atoms with van der Waals surface area (Å²) in [6.07, 6.45) is 0. The third-order valence-corrected chi connectivity index (χ3v) is 4.23. The van der Waals surface area contributed by atoms with Gasteiger partial charge in [0.05, 0.1) is 25.5 Å². The molecule has 1 aliphatic heterocycles. The monoisotopic (exact) mass is 352 g/mol. The van der Waals surface area contributed by atoms with Gasteiger partial charge in [-0.3, -0.25) is 14.5 Å². The average molecular weight is 352 g/mol. The zero-order chi connectivity index (χ0) is 18.7. The third-order valence-electron chi connectivity index (χ3n) is 4.23. The highest BCUT2D eigenvalue weighted by Crippen LogP contribution is 2.33. The van der Waals surface area contributed by atoms with Crippen LogP contribution in [0.25, 0.3) is 5.57 Å². The number of likely N-dealkylation sites (N-methyl/N-ethyl adjacent to an activating group) is 1. The number of nitrogens with one attached hydrogen (secondary N) is 1. The van der Waals surface area contributed by atoms with Crippen LogP contribution in [0.4, 0.5) is 5.69 Å². The molecule has 0 bridgehead atoms. The van der Waals surface area contributed by atoms with Crippen molar-refractivity contribution in [1.29, 1.82) is 0 Å². The van der Waals surface area contributed by atoms with Crippen molar-refractivity contribution >= 4 is 23.1 Å². The maximum absolute atomic E-state index is 12.8. The molecule has 1 aliphatic rings. The predicted octanol–water partition coefficient (Wildman–Crippen LogP) is 2.92. The van der Waals surface area contributed by atoms with Gasteiger partial charge in [0.1, 0.15) is 17.2 Å². The Morgan fingerprint density at radius 1 is 0.923 bits per heavy atom. The minimum atomic E-state index is -0.353. The van der Waals surface area contributed by atoms with Gasteiger partial charge in [0.25, 0.3) is 11.8 Å². The van der Waals surface area contributed by atoms with Crippen molar-refractivity contribution in [3.8, 4) is 11.5 Å². The van der Waals surface area contributed by atoms with E-state index in [0.717, 1.165) is 0 Å². The highest BCUT2D eigenvalue weighted by Gasteiger charge is 2.38. The molecule has 0 aromatic heterocycles. The van der Waals surface area contributed by atoms with Crippen LogP contribution in [0.1, 0.15) is 12.5 Å². The number of anilines is 1. The number of amides is 2. The van der Waals surface area contributed by atoms with Crippen molar-refractivity contribution < 1.29 is 19.1 Å². The molecule has 0 atom stereocenters. The molecule has 1 heterocycles. The molecule has 0 saturated carbocycles. The van der Waals surface area contributed by atoms with Crippen LogP contribution in [0.5, 0.6) is 11.5 Å². The zero-order valence-electron chi connectivity index (χ0n) is 14.9. The van der Waals surface area contributed by atoms with Crippen molar-refractivity contribution in [2.45, 2.75) is 6.92 Å². The van der Waals surface area contributed by atoms with Crippen molar-refractivity contribution in [1.82, 2.24) is 4.90 Å². The first-order chi connectivity index (χ1) is 12.6. The number of carbonyl (C=O) groups excluding carboxylic acids is 2. The van der Waals surface area contributed by atoms with Gasteiger partial charge < -0.3 is 14.8 Å². The topological polar surface area (TPSA) is 67.9 Å². The van der Waals surface area contributed by atoms with Gasteiger partial charge in [-0.15, -0.1) is 0 Å². The molecule has 6 nitrogen and oxygen atoms in total. The predicted molar refractivity (Wildman–Crippen MR) is 98.9 cm³/mol. The fraction of sp³-hybridized carbons (Fsp3) is 0.200. The number of ether oxygens (including phenoxy) is 2. The van der Waals surface area contributed by atoms with Gasteiger partial charge in [-0.05, 0) is 36.8 Å². The van der Waals surface area contributed by atoms with Crippen LogP contribution < -0.4 is 14.8 Å². The van der Waals surface area contributed by atoms with Crippen LogP contribution in [0.15, 0.2) is 54.2 Å². The van der Waals surface area contributed by atoms with E-state index >= 15 is 0 Å². The normalized spacial score (nSPS) is 14.0. The highest BCUT2D eigenvalue weighted by atomic mass is 16.5. The molecule has 3 rings (SSSR count). The summed E-state index contributed by atoms with van der Waals surface area (Å²) in [5, 5.41) is 3.09. The van der Waals surface area contributed by atoms with Crippen molar-refractivity contribution in [2.75, 3.05) is 26.1 Å². The lowest BCUT2D eigenvalue weighted by molar-refractivity contribution is -0.136. The summed E-state index contributed by atoms with van der Waals surface area (Å²) in [6, 6.07) is 14.3. The molecule has 2 aromatic rings. The second-order valence-corrected chi connectivity index (χ2v) is 5.66. The summed E-state index contributed by atoms with van der Waals surface area (Å²) >= 11 is 0. The Bertz CT molecular complexity index is 872. The summed E-state index contributed by atoms with van der Waals surface area (Å²) in [6.45, 7) is 2.07. The summed E-state index contributed by atoms with van der Waals surface area (Å²) in [7, 11) is 3.13. The van der Waals surface area contributed by atoms with Crippen LogP contribution in [0.2, 0.25) is 0 Å². The quantitative estimate of drug-likeness (QED) is 0.810. The van der Waals surface area contributed by atoms with E-state index in [4.69, 9.17) is 9.47 Å². The first-order valence-electron chi connectivity index (χ1n) is 8.25. The minimum absolute atomic E-state index is 0.242. The molecule has 0 spiro atoms. The van der Waals surface area contributed by atoms with Gasteiger partial charge in [0.15, 0.2) is 0 Å². The van der Waals surface area contributed by atoms with Crippen LogP contribution in [0, 0.1) is 0 Å². The molecule has 2 amide bonds. The van der Waals surface area contributed by atoms with Crippen LogP contribution in [0.3, 0.4) is 0 Å². The lowest BCUT2D eigenvalue weighted by atomic mass is 10.0. The summed E-state index contributed by atoms with van der Waals surface area (Å²) in [4.78, 5) is 26.8. The van der Waals surface area contributed by atoms with E-state index in [2.05, 4.69) is 5.32 Å². The summed E-state index contributed by atoms with van der Waals surface area (Å²) < 4.78 is 10.5. The van der Waals surface area contributed by atoms with Crippen LogP contribution in [-0.4, -0.2) is 37.5 Å². The van der Waals surface area contributed by atoms with E-state index in [0.29, 0.717) is 34.9 Å². The standard InChI is InChI=1S/C20H20N2O4/c1-4-22-19(23)17(13-9-11-14(25-2)12-10-13)18(20(22)24)21-15-7-5-6-8-16(15)26-3/h5-12,21H,4H2,1-3H3. The second-order valence-electron chi connectivity index (χ2n) is 5.66. The number of benzene rings is 2. The molecular formula is C20H20N2O4. The average Bonchev–Trinajstić information content (AvgIpc) is 2.91. The molecule has 0 radical (unpaired) electrons. The Morgan fingerprint density at radius 2 is 1.62 bits per heavy atom. The molecule has 0 saturated heterocycles. The molecule has 0 unspecified atom stereocenters. The molecule has 26 heavy (non-hydrogen) atoms. The number of imide groups is 1. The van der Waals surface area contributed by atoms with E-state index in [1.807, 2.05) is 12.1 Å². The number of carbonyl (C=O) groups is 2. The summed E-state index contributed by atoms with van der Waals surface area (Å²) in [5.74, 6) is 0.594. The Balaban J connectivity index is 2.09. The van der Waals surface area contributed by atoms with E-state index < -0.39 is 0 Å². The number of hydrogen-bond acceptors (Lipinski definition) is 5. The maximum atomic E-state index is 12.8. The van der Waals surface area contributed by atoms with Gasteiger partial charge in [0.2, 0.25) is 0 Å².